The van der Waals surface area contributed by atoms with E-state index < -0.39 is 0 Å². The lowest BCUT2D eigenvalue weighted by Crippen LogP contribution is -2.48. The second-order valence-electron chi connectivity index (χ2n) is 20.6. The summed E-state index contributed by atoms with van der Waals surface area (Å²) >= 11 is 1.93. The summed E-state index contributed by atoms with van der Waals surface area (Å²) in [5.74, 6) is 5.76. The maximum atomic E-state index is 2.59. The molecule has 0 N–H and O–H groups in total. The van der Waals surface area contributed by atoms with Gasteiger partial charge in [0.15, 0.2) is 0 Å². The fourth-order valence-electron chi connectivity index (χ4n) is 15.5. The molecule has 9 aliphatic rings. The van der Waals surface area contributed by atoms with E-state index in [4.69, 9.17) is 0 Å². The Morgan fingerprint density at radius 1 is 0.491 bits per heavy atom. The van der Waals surface area contributed by atoms with Crippen LogP contribution in [0.25, 0.3) is 31.3 Å². The smallest absolute Gasteiger partial charge is 0.0465 e. The van der Waals surface area contributed by atoms with Gasteiger partial charge in [-0.05, 0) is 205 Å². The van der Waals surface area contributed by atoms with Crippen molar-refractivity contribution in [2.45, 2.75) is 107 Å². The topological polar surface area (TPSA) is 3.24 Å². The Balaban J connectivity index is 0.930. The standard InChI is InChI=1S/C53H53NS/c1-51(2)45-17-18-48-50(44-5-3-4-6-47(44)55-48)49(45)43-16-15-42(25-46(43)51)54(40-11-7-38(8-12-40)52-26-32-19-33(27-52)21-34(20-32)28-52)41-13-9-39(10-14-41)53-29-35-22-36(30-53)24-37(23-35)31-53/h3-18,25,32-37H,19-24,26-31H2,1-2H3. The normalized spacial score (nSPS) is 33.1. The first-order valence-electron chi connectivity index (χ1n) is 21.9. The van der Waals surface area contributed by atoms with Crippen molar-refractivity contribution in [2.75, 3.05) is 4.90 Å². The van der Waals surface area contributed by atoms with E-state index in [1.165, 1.54) is 137 Å². The molecule has 1 aromatic heterocycles. The molecule has 0 saturated heterocycles. The highest BCUT2D eigenvalue weighted by Gasteiger charge is 2.53. The molecule has 6 aromatic rings. The van der Waals surface area contributed by atoms with Gasteiger partial charge in [-0.25, -0.2) is 0 Å². The number of nitrogens with zero attached hydrogens (tertiary/aromatic N) is 1. The van der Waals surface area contributed by atoms with Crippen molar-refractivity contribution >= 4 is 48.6 Å². The van der Waals surface area contributed by atoms with Gasteiger partial charge >= 0.3 is 0 Å². The van der Waals surface area contributed by atoms with Gasteiger partial charge in [0.1, 0.15) is 0 Å². The van der Waals surface area contributed by atoms with E-state index in [9.17, 15) is 0 Å². The van der Waals surface area contributed by atoms with Crippen LogP contribution in [0.3, 0.4) is 0 Å². The molecule has 0 spiro atoms. The molecular weight excluding hydrogens is 683 g/mol. The molecule has 0 atom stereocenters. The predicted octanol–water partition coefficient (Wildman–Crippen LogP) is 14.8. The first-order valence-corrected chi connectivity index (χ1v) is 22.7. The Hall–Kier alpha value is -3.88. The lowest BCUT2D eigenvalue weighted by Gasteiger charge is -2.57. The zero-order valence-corrected chi connectivity index (χ0v) is 33.4. The van der Waals surface area contributed by atoms with Gasteiger partial charge in [0.2, 0.25) is 0 Å². The molecule has 15 rings (SSSR count). The molecule has 1 heterocycles. The molecule has 1 nitrogen and oxygen atoms in total. The summed E-state index contributed by atoms with van der Waals surface area (Å²) in [7, 11) is 0. The molecule has 276 valence electrons. The van der Waals surface area contributed by atoms with Gasteiger partial charge in [-0.2, -0.15) is 0 Å². The van der Waals surface area contributed by atoms with Crippen molar-refractivity contribution in [3.63, 3.8) is 0 Å². The first-order chi connectivity index (χ1) is 26.8. The van der Waals surface area contributed by atoms with E-state index in [-0.39, 0.29) is 5.41 Å². The highest BCUT2D eigenvalue weighted by Crippen LogP contribution is 2.63. The number of anilines is 3. The van der Waals surface area contributed by atoms with Crippen molar-refractivity contribution in [3.8, 4) is 11.1 Å². The molecule has 8 saturated carbocycles. The van der Waals surface area contributed by atoms with Crippen molar-refractivity contribution in [1.29, 1.82) is 0 Å². The van der Waals surface area contributed by atoms with Crippen LogP contribution in [-0.4, -0.2) is 0 Å². The fraction of sp³-hybridized carbons (Fsp3) is 0.434. The van der Waals surface area contributed by atoms with E-state index in [1.807, 2.05) is 11.3 Å². The largest absolute Gasteiger partial charge is 0.310 e. The van der Waals surface area contributed by atoms with Crippen molar-refractivity contribution in [3.05, 3.63) is 125 Å². The van der Waals surface area contributed by atoms with Crippen molar-refractivity contribution in [2.24, 2.45) is 35.5 Å². The summed E-state index contributed by atoms with van der Waals surface area (Å²) in [6.07, 6.45) is 17.5. The molecule has 9 aliphatic carbocycles. The lowest BCUT2D eigenvalue weighted by atomic mass is 9.48. The Morgan fingerprint density at radius 3 is 1.51 bits per heavy atom. The van der Waals surface area contributed by atoms with Crippen molar-refractivity contribution in [1.82, 2.24) is 0 Å². The summed E-state index contributed by atoms with van der Waals surface area (Å²) in [4.78, 5) is 2.59. The minimum atomic E-state index is -0.0890. The number of hydrogen-bond donors (Lipinski definition) is 0. The number of benzene rings is 5. The molecule has 0 radical (unpaired) electrons. The highest BCUT2D eigenvalue weighted by molar-refractivity contribution is 7.26. The maximum absolute atomic E-state index is 2.59. The van der Waals surface area contributed by atoms with Gasteiger partial charge < -0.3 is 4.90 Å². The predicted molar refractivity (Wildman–Crippen MR) is 231 cm³/mol. The number of rotatable bonds is 5. The lowest BCUT2D eigenvalue weighted by molar-refractivity contribution is -0.00529. The average molecular weight is 736 g/mol. The quantitative estimate of drug-likeness (QED) is 0.170. The van der Waals surface area contributed by atoms with E-state index in [0.717, 1.165) is 35.5 Å². The second kappa shape index (κ2) is 11.2. The molecule has 0 unspecified atom stereocenters. The van der Waals surface area contributed by atoms with Gasteiger partial charge in [-0.3, -0.25) is 0 Å². The zero-order valence-electron chi connectivity index (χ0n) is 32.6. The van der Waals surface area contributed by atoms with E-state index in [2.05, 4.69) is 122 Å². The highest BCUT2D eigenvalue weighted by atomic mass is 32.1. The minimum absolute atomic E-state index is 0.0890. The maximum Gasteiger partial charge on any atom is 0.0465 e. The molecule has 0 amide bonds. The molecule has 5 aromatic carbocycles. The monoisotopic (exact) mass is 735 g/mol. The Morgan fingerprint density at radius 2 is 0.982 bits per heavy atom. The van der Waals surface area contributed by atoms with Crippen LogP contribution in [0.1, 0.15) is 113 Å². The number of fused-ring (bicyclic) bond motifs is 7. The third-order valence-electron chi connectivity index (χ3n) is 17.0. The zero-order chi connectivity index (χ0) is 36.3. The third-order valence-corrected chi connectivity index (χ3v) is 18.1. The molecule has 0 aliphatic heterocycles. The Kier molecular flexibility index (Phi) is 6.54. The van der Waals surface area contributed by atoms with E-state index in [1.54, 1.807) is 11.1 Å². The van der Waals surface area contributed by atoms with Crippen LogP contribution in [0.15, 0.2) is 103 Å². The van der Waals surface area contributed by atoms with Gasteiger partial charge in [0.05, 0.1) is 0 Å². The summed E-state index contributed by atoms with van der Waals surface area (Å²) in [5, 5.41) is 2.84. The molecule has 2 heteroatoms. The number of thiophene rings is 1. The fourth-order valence-corrected chi connectivity index (χ4v) is 16.6. The van der Waals surface area contributed by atoms with Crippen LogP contribution in [-0.2, 0) is 16.2 Å². The molecule has 55 heavy (non-hydrogen) atoms. The van der Waals surface area contributed by atoms with Gasteiger partial charge in [-0.1, -0.05) is 68.4 Å². The van der Waals surface area contributed by atoms with Gasteiger partial charge in [-0.15, -0.1) is 11.3 Å². The van der Waals surface area contributed by atoms with Crippen LogP contribution < -0.4 is 4.90 Å². The molecule has 8 bridgehead atoms. The van der Waals surface area contributed by atoms with Gasteiger partial charge in [0, 0.05) is 42.6 Å². The Bertz CT molecular complexity index is 2370. The van der Waals surface area contributed by atoms with Crippen LogP contribution in [0.2, 0.25) is 0 Å². The van der Waals surface area contributed by atoms with Crippen LogP contribution in [0, 0.1) is 35.5 Å². The van der Waals surface area contributed by atoms with Crippen molar-refractivity contribution < 1.29 is 0 Å². The molecule has 8 fully saturated rings. The summed E-state index contributed by atoms with van der Waals surface area (Å²) < 4.78 is 2.78. The van der Waals surface area contributed by atoms with E-state index >= 15 is 0 Å². The third kappa shape index (κ3) is 4.58. The second-order valence-corrected chi connectivity index (χ2v) is 21.7. The van der Waals surface area contributed by atoms with Crippen LogP contribution in [0.4, 0.5) is 17.1 Å². The van der Waals surface area contributed by atoms with Gasteiger partial charge in [0.25, 0.3) is 0 Å². The van der Waals surface area contributed by atoms with Crippen LogP contribution in [0.5, 0.6) is 0 Å². The minimum Gasteiger partial charge on any atom is -0.310 e. The Labute approximate surface area is 331 Å². The number of hydrogen-bond acceptors (Lipinski definition) is 2. The summed E-state index contributed by atoms with van der Waals surface area (Å²) in [5.41, 5.74) is 13.6. The SMILES string of the molecule is CC1(C)c2cc(N(c3ccc(C45CC6CC(CC(C6)C4)C5)cc3)c3ccc(C45CC6CC(CC(C6)C4)C5)cc3)ccc2-c2c1ccc1sc3ccccc3c21. The summed E-state index contributed by atoms with van der Waals surface area (Å²) in [6.45, 7) is 4.90. The average Bonchev–Trinajstić information content (AvgIpc) is 3.66. The van der Waals surface area contributed by atoms with Crippen LogP contribution >= 0.6 is 11.3 Å². The van der Waals surface area contributed by atoms with E-state index in [0.29, 0.717) is 10.8 Å². The summed E-state index contributed by atoms with van der Waals surface area (Å²) in [6, 6.07) is 41.4. The molecular formula is C53H53NS. The first kappa shape index (κ1) is 32.2.